The standard InChI is InChI=1S/C18H19ClN4OS/c1-11-10-25-16(19)14(11)21-18-20-13-7-5-6-12(15(13)22-18)17(24)23-8-3-2-4-9-23/h5-7,10H,2-4,8-9H2,1H3,(H2,20,21,22). The zero-order valence-electron chi connectivity index (χ0n) is 13.9. The van der Waals surface area contributed by atoms with Crippen LogP contribution in [0.1, 0.15) is 35.2 Å². The number of piperidine rings is 1. The summed E-state index contributed by atoms with van der Waals surface area (Å²) in [6.45, 7) is 3.65. The molecule has 2 N–H and O–H groups in total. The molecule has 0 spiro atoms. The van der Waals surface area contributed by atoms with Crippen molar-refractivity contribution >= 4 is 51.5 Å². The largest absolute Gasteiger partial charge is 0.339 e. The third kappa shape index (κ3) is 3.12. The van der Waals surface area contributed by atoms with Crippen molar-refractivity contribution in [2.24, 2.45) is 0 Å². The average Bonchev–Trinajstić information content (AvgIpc) is 3.19. The Morgan fingerprint density at radius 1 is 1.32 bits per heavy atom. The number of benzene rings is 1. The van der Waals surface area contributed by atoms with Gasteiger partial charge >= 0.3 is 0 Å². The zero-order chi connectivity index (χ0) is 17.4. The SMILES string of the molecule is Cc1csc(Cl)c1Nc1nc2c(C(=O)N3CCCCC3)cccc2[nH]1. The average molecular weight is 375 g/mol. The number of anilines is 2. The van der Waals surface area contributed by atoms with Gasteiger partial charge in [0.15, 0.2) is 0 Å². The molecule has 0 bridgehead atoms. The van der Waals surface area contributed by atoms with Gasteiger partial charge in [-0.25, -0.2) is 4.98 Å². The van der Waals surface area contributed by atoms with E-state index in [2.05, 4.69) is 15.3 Å². The molecular weight excluding hydrogens is 356 g/mol. The topological polar surface area (TPSA) is 61.0 Å². The fraction of sp³-hybridized carbons (Fsp3) is 0.333. The Balaban J connectivity index is 1.67. The lowest BCUT2D eigenvalue weighted by Crippen LogP contribution is -2.35. The first-order valence-corrected chi connectivity index (χ1v) is 9.68. The van der Waals surface area contributed by atoms with Gasteiger partial charge in [-0.3, -0.25) is 4.79 Å². The molecule has 1 amide bonds. The molecule has 5 nitrogen and oxygen atoms in total. The van der Waals surface area contributed by atoms with E-state index < -0.39 is 0 Å². The van der Waals surface area contributed by atoms with Gasteiger partial charge in [-0.1, -0.05) is 17.7 Å². The Morgan fingerprint density at radius 2 is 2.12 bits per heavy atom. The fourth-order valence-electron chi connectivity index (χ4n) is 3.21. The van der Waals surface area contributed by atoms with Crippen LogP contribution in [0, 0.1) is 6.92 Å². The number of carbonyl (C=O) groups excluding carboxylic acids is 1. The van der Waals surface area contributed by atoms with Crippen molar-refractivity contribution < 1.29 is 4.79 Å². The third-order valence-electron chi connectivity index (χ3n) is 4.56. The summed E-state index contributed by atoms with van der Waals surface area (Å²) in [4.78, 5) is 22.7. The molecule has 1 fully saturated rings. The van der Waals surface area contributed by atoms with Crippen molar-refractivity contribution in [3.8, 4) is 0 Å². The van der Waals surface area contributed by atoms with Crippen molar-refractivity contribution in [2.75, 3.05) is 18.4 Å². The van der Waals surface area contributed by atoms with Crippen LogP contribution in [0.25, 0.3) is 11.0 Å². The summed E-state index contributed by atoms with van der Waals surface area (Å²) in [5.41, 5.74) is 4.12. The Labute approximate surface area is 155 Å². The molecule has 3 heterocycles. The number of aromatic nitrogens is 2. The minimum Gasteiger partial charge on any atom is -0.339 e. The number of aryl methyl sites for hydroxylation is 1. The lowest BCUT2D eigenvalue weighted by atomic mass is 10.1. The molecule has 0 aliphatic carbocycles. The molecule has 0 radical (unpaired) electrons. The number of rotatable bonds is 3. The van der Waals surface area contributed by atoms with E-state index in [0.717, 1.165) is 42.7 Å². The van der Waals surface area contributed by atoms with Gasteiger partial charge in [0.25, 0.3) is 5.91 Å². The van der Waals surface area contributed by atoms with Gasteiger partial charge < -0.3 is 15.2 Å². The van der Waals surface area contributed by atoms with Crippen LogP contribution in [-0.4, -0.2) is 33.9 Å². The number of carbonyl (C=O) groups is 1. The predicted octanol–water partition coefficient (Wildman–Crippen LogP) is 4.96. The second-order valence-corrected chi connectivity index (χ2v) is 7.81. The molecule has 0 unspecified atom stereocenters. The van der Waals surface area contributed by atoms with E-state index in [1.54, 1.807) is 0 Å². The van der Waals surface area contributed by atoms with Gasteiger partial charge in [-0.05, 0) is 49.3 Å². The Bertz CT molecular complexity index is 907. The Hall–Kier alpha value is -2.05. The van der Waals surface area contributed by atoms with E-state index in [1.165, 1.54) is 17.8 Å². The molecule has 1 aliphatic rings. The van der Waals surface area contributed by atoms with Crippen LogP contribution in [0.3, 0.4) is 0 Å². The van der Waals surface area contributed by atoms with Gasteiger partial charge in [-0.2, -0.15) is 0 Å². The second kappa shape index (κ2) is 6.69. The van der Waals surface area contributed by atoms with E-state index >= 15 is 0 Å². The highest BCUT2D eigenvalue weighted by molar-refractivity contribution is 7.15. The van der Waals surface area contributed by atoms with Crippen molar-refractivity contribution in [1.29, 1.82) is 0 Å². The molecule has 0 atom stereocenters. The number of nitrogens with zero attached hydrogens (tertiary/aromatic N) is 2. The first kappa shape index (κ1) is 16.4. The van der Waals surface area contributed by atoms with Crippen molar-refractivity contribution in [3.63, 3.8) is 0 Å². The Morgan fingerprint density at radius 3 is 2.84 bits per heavy atom. The van der Waals surface area contributed by atoms with Crippen LogP contribution in [0.4, 0.5) is 11.6 Å². The van der Waals surface area contributed by atoms with Gasteiger partial charge in [0.2, 0.25) is 5.95 Å². The van der Waals surface area contributed by atoms with E-state index in [1.807, 2.05) is 35.4 Å². The Kier molecular flexibility index (Phi) is 4.39. The number of amides is 1. The minimum absolute atomic E-state index is 0.0631. The van der Waals surface area contributed by atoms with Crippen LogP contribution in [0.15, 0.2) is 23.6 Å². The monoisotopic (exact) mass is 374 g/mol. The maximum absolute atomic E-state index is 12.9. The van der Waals surface area contributed by atoms with Crippen LogP contribution in [0.2, 0.25) is 4.34 Å². The molecule has 1 aliphatic heterocycles. The minimum atomic E-state index is 0.0631. The van der Waals surface area contributed by atoms with Gasteiger partial charge in [0.05, 0.1) is 16.8 Å². The predicted molar refractivity (Wildman–Crippen MR) is 103 cm³/mol. The summed E-state index contributed by atoms with van der Waals surface area (Å²) in [6, 6.07) is 5.68. The smallest absolute Gasteiger partial charge is 0.256 e. The quantitative estimate of drug-likeness (QED) is 0.681. The molecule has 3 aromatic rings. The maximum Gasteiger partial charge on any atom is 0.256 e. The number of hydrogen-bond acceptors (Lipinski definition) is 4. The van der Waals surface area contributed by atoms with Crippen LogP contribution < -0.4 is 5.32 Å². The van der Waals surface area contributed by atoms with Crippen molar-refractivity contribution in [3.05, 3.63) is 39.0 Å². The number of para-hydroxylation sites is 1. The third-order valence-corrected chi connectivity index (χ3v) is 5.90. The van der Waals surface area contributed by atoms with Crippen molar-refractivity contribution in [1.82, 2.24) is 14.9 Å². The summed E-state index contributed by atoms with van der Waals surface area (Å²) in [6.07, 6.45) is 3.35. The number of fused-ring (bicyclic) bond motifs is 1. The molecule has 7 heteroatoms. The first-order chi connectivity index (χ1) is 12.1. The fourth-order valence-corrected chi connectivity index (χ4v) is 4.27. The van der Waals surface area contributed by atoms with Crippen LogP contribution in [0.5, 0.6) is 0 Å². The molecule has 130 valence electrons. The summed E-state index contributed by atoms with van der Waals surface area (Å²) >= 11 is 7.71. The number of thiophene rings is 1. The summed E-state index contributed by atoms with van der Waals surface area (Å²) in [5, 5.41) is 5.24. The summed E-state index contributed by atoms with van der Waals surface area (Å²) in [7, 11) is 0. The lowest BCUT2D eigenvalue weighted by Gasteiger charge is -2.26. The van der Waals surface area contributed by atoms with Gasteiger partial charge in [0, 0.05) is 13.1 Å². The number of likely N-dealkylation sites (tertiary alicyclic amines) is 1. The molecular formula is C18H19ClN4OS. The van der Waals surface area contributed by atoms with Crippen LogP contribution in [-0.2, 0) is 0 Å². The highest BCUT2D eigenvalue weighted by atomic mass is 35.5. The molecule has 25 heavy (non-hydrogen) atoms. The van der Waals surface area contributed by atoms with E-state index in [4.69, 9.17) is 11.6 Å². The number of H-pyrrole nitrogens is 1. The highest BCUT2D eigenvalue weighted by Crippen LogP contribution is 2.34. The van der Waals surface area contributed by atoms with Crippen LogP contribution >= 0.6 is 22.9 Å². The number of halogens is 1. The summed E-state index contributed by atoms with van der Waals surface area (Å²) < 4.78 is 0.697. The summed E-state index contributed by atoms with van der Waals surface area (Å²) in [5.74, 6) is 0.658. The molecule has 4 rings (SSSR count). The zero-order valence-corrected chi connectivity index (χ0v) is 15.5. The van der Waals surface area contributed by atoms with Gasteiger partial charge in [0.1, 0.15) is 9.85 Å². The van der Waals surface area contributed by atoms with Crippen molar-refractivity contribution in [2.45, 2.75) is 26.2 Å². The number of imidazole rings is 1. The van der Waals surface area contributed by atoms with E-state index in [9.17, 15) is 4.79 Å². The molecule has 2 aromatic heterocycles. The number of nitrogens with one attached hydrogen (secondary N) is 2. The molecule has 1 aromatic carbocycles. The first-order valence-electron chi connectivity index (χ1n) is 8.42. The van der Waals surface area contributed by atoms with Gasteiger partial charge in [-0.15, -0.1) is 11.3 Å². The normalized spacial score (nSPS) is 14.9. The van der Waals surface area contributed by atoms with E-state index in [-0.39, 0.29) is 5.91 Å². The second-order valence-electron chi connectivity index (χ2n) is 6.33. The molecule has 1 saturated heterocycles. The maximum atomic E-state index is 12.9. The number of hydrogen-bond donors (Lipinski definition) is 2. The molecule has 0 saturated carbocycles. The lowest BCUT2D eigenvalue weighted by molar-refractivity contribution is 0.0726. The number of aromatic amines is 1. The van der Waals surface area contributed by atoms with E-state index in [0.29, 0.717) is 21.4 Å². The highest BCUT2D eigenvalue weighted by Gasteiger charge is 2.21.